The summed E-state index contributed by atoms with van der Waals surface area (Å²) in [6, 6.07) is 12.0. The van der Waals surface area contributed by atoms with Crippen LogP contribution in [0.15, 0.2) is 60.9 Å². The van der Waals surface area contributed by atoms with Gasteiger partial charge in [-0.3, -0.25) is 14.3 Å². The predicted molar refractivity (Wildman–Crippen MR) is 112 cm³/mol. The van der Waals surface area contributed by atoms with Crippen molar-refractivity contribution in [3.05, 3.63) is 72.3 Å². The Morgan fingerprint density at radius 3 is 2.47 bits per heavy atom. The molecule has 2 heterocycles. The summed E-state index contributed by atoms with van der Waals surface area (Å²) < 4.78 is 45.4. The second-order valence-electron chi connectivity index (χ2n) is 7.01. The Morgan fingerprint density at radius 1 is 1.06 bits per heavy atom. The van der Waals surface area contributed by atoms with Gasteiger partial charge in [-0.1, -0.05) is 12.1 Å². The first-order valence-electron chi connectivity index (χ1n) is 9.63. The Labute approximate surface area is 180 Å². The molecular weight excluding hydrogens is 423 g/mol. The van der Waals surface area contributed by atoms with Crippen LogP contribution >= 0.6 is 0 Å². The van der Waals surface area contributed by atoms with Gasteiger partial charge >= 0.3 is 12.1 Å². The number of ether oxygens (including phenoxy) is 1. The quantitative estimate of drug-likeness (QED) is 0.429. The number of hydrogen-bond donors (Lipinski definition) is 1. The van der Waals surface area contributed by atoms with Crippen molar-refractivity contribution in [1.29, 1.82) is 0 Å². The third-order valence-electron chi connectivity index (χ3n) is 4.63. The first-order chi connectivity index (χ1) is 15.2. The summed E-state index contributed by atoms with van der Waals surface area (Å²) >= 11 is 0. The number of anilines is 2. The number of nitrogens with one attached hydrogen (secondary N) is 1. The number of para-hydroxylation sites is 2. The highest BCUT2D eigenvalue weighted by atomic mass is 19.4. The molecule has 4 aromatic rings. The van der Waals surface area contributed by atoms with Gasteiger partial charge in [0.05, 0.1) is 29.0 Å². The Hall–Kier alpha value is -3.95. The van der Waals surface area contributed by atoms with Gasteiger partial charge in [0.15, 0.2) is 23.6 Å². The van der Waals surface area contributed by atoms with E-state index < -0.39 is 23.8 Å². The Bertz CT molecular complexity index is 1270. The number of benzene rings is 2. The van der Waals surface area contributed by atoms with E-state index in [9.17, 15) is 18.0 Å². The second kappa shape index (κ2) is 8.29. The lowest BCUT2D eigenvalue weighted by Gasteiger charge is -2.15. The fraction of sp³-hybridized carbons (Fsp3) is 0.182. The van der Waals surface area contributed by atoms with Crippen molar-refractivity contribution in [2.75, 3.05) is 5.32 Å². The summed E-state index contributed by atoms with van der Waals surface area (Å²) in [6.45, 7) is 3.02. The average Bonchev–Trinajstić information content (AvgIpc) is 3.13. The van der Waals surface area contributed by atoms with Gasteiger partial charge in [-0.15, -0.1) is 0 Å². The maximum Gasteiger partial charge on any atom is 0.416 e. The van der Waals surface area contributed by atoms with E-state index >= 15 is 0 Å². The van der Waals surface area contributed by atoms with E-state index in [1.165, 1.54) is 31.5 Å². The first kappa shape index (κ1) is 21.3. The number of carbonyl (C=O) groups is 1. The molecule has 1 atom stereocenters. The highest BCUT2D eigenvalue weighted by Gasteiger charge is 2.30. The fourth-order valence-corrected chi connectivity index (χ4v) is 3.27. The maximum absolute atomic E-state index is 12.8. The third kappa shape index (κ3) is 4.39. The van der Waals surface area contributed by atoms with E-state index in [1.807, 2.05) is 24.3 Å². The van der Waals surface area contributed by atoms with Crippen molar-refractivity contribution in [3.63, 3.8) is 0 Å². The van der Waals surface area contributed by atoms with Gasteiger partial charge in [0.2, 0.25) is 0 Å². The van der Waals surface area contributed by atoms with E-state index in [1.54, 1.807) is 11.5 Å². The molecule has 0 aliphatic carbocycles. The minimum Gasteiger partial charge on any atom is -0.455 e. The van der Waals surface area contributed by atoms with Crippen molar-refractivity contribution in [2.45, 2.75) is 26.1 Å². The van der Waals surface area contributed by atoms with E-state index in [4.69, 9.17) is 4.74 Å². The molecule has 0 saturated heterocycles. The van der Waals surface area contributed by atoms with Crippen LogP contribution in [-0.2, 0) is 15.7 Å². The molecule has 1 N–H and O–H groups in total. The number of fused-ring (bicyclic) bond motifs is 1. The lowest BCUT2D eigenvalue weighted by atomic mass is 10.2. The fourth-order valence-electron chi connectivity index (χ4n) is 3.27. The van der Waals surface area contributed by atoms with Crippen molar-refractivity contribution < 1.29 is 22.7 Å². The zero-order chi connectivity index (χ0) is 22.9. The van der Waals surface area contributed by atoms with Crippen molar-refractivity contribution in [3.8, 4) is 5.82 Å². The first-order valence-corrected chi connectivity index (χ1v) is 9.63. The lowest BCUT2D eigenvalue weighted by Crippen LogP contribution is -2.12. The number of alkyl halides is 3. The van der Waals surface area contributed by atoms with Crippen LogP contribution in [0.2, 0.25) is 0 Å². The van der Waals surface area contributed by atoms with E-state index in [2.05, 4.69) is 20.3 Å². The molecule has 10 heteroatoms. The molecule has 0 saturated carbocycles. The summed E-state index contributed by atoms with van der Waals surface area (Å²) in [7, 11) is 0. The number of imidazole rings is 1. The molecule has 0 spiro atoms. The van der Waals surface area contributed by atoms with E-state index in [0.29, 0.717) is 28.7 Å². The number of aromatic nitrogens is 4. The van der Waals surface area contributed by atoms with E-state index in [0.717, 1.165) is 17.6 Å². The largest absolute Gasteiger partial charge is 0.455 e. The molecule has 2 aromatic heterocycles. The second-order valence-corrected chi connectivity index (χ2v) is 7.01. The summed E-state index contributed by atoms with van der Waals surface area (Å²) in [4.78, 5) is 24.8. The van der Waals surface area contributed by atoms with Gasteiger partial charge in [0.1, 0.15) is 0 Å². The van der Waals surface area contributed by atoms with Crippen molar-refractivity contribution >= 4 is 28.5 Å². The molecular formula is C22H18F3N5O2. The summed E-state index contributed by atoms with van der Waals surface area (Å²) in [5.74, 6) is 0.748. The zero-order valence-corrected chi connectivity index (χ0v) is 17.1. The van der Waals surface area contributed by atoms with Crippen LogP contribution in [0.3, 0.4) is 0 Å². The van der Waals surface area contributed by atoms with Crippen molar-refractivity contribution in [2.24, 2.45) is 0 Å². The molecule has 0 aliphatic rings. The van der Waals surface area contributed by atoms with Crippen LogP contribution in [0, 0.1) is 0 Å². The summed E-state index contributed by atoms with van der Waals surface area (Å²) in [5.41, 5.74) is 1.11. The zero-order valence-electron chi connectivity index (χ0n) is 17.1. The number of hydrogen-bond acceptors (Lipinski definition) is 6. The number of rotatable bonds is 5. The van der Waals surface area contributed by atoms with Gasteiger partial charge in [-0.2, -0.15) is 13.2 Å². The van der Waals surface area contributed by atoms with Crippen LogP contribution in [-0.4, -0.2) is 25.5 Å². The molecule has 7 nitrogen and oxygen atoms in total. The van der Waals surface area contributed by atoms with Crippen molar-refractivity contribution in [1.82, 2.24) is 19.5 Å². The Kier molecular flexibility index (Phi) is 5.52. The number of halogens is 3. The van der Waals surface area contributed by atoms with E-state index in [-0.39, 0.29) is 0 Å². The van der Waals surface area contributed by atoms with Gasteiger partial charge in [-0.05, 0) is 43.3 Å². The maximum atomic E-state index is 12.8. The molecule has 164 valence electrons. The van der Waals surface area contributed by atoms with Crippen LogP contribution in [0.4, 0.5) is 24.7 Å². The molecule has 4 rings (SSSR count). The molecule has 2 aromatic carbocycles. The molecule has 0 amide bonds. The van der Waals surface area contributed by atoms with Crippen LogP contribution < -0.4 is 5.32 Å². The van der Waals surface area contributed by atoms with Gasteiger partial charge < -0.3 is 10.1 Å². The van der Waals surface area contributed by atoms with Crippen LogP contribution in [0.1, 0.15) is 31.3 Å². The third-order valence-corrected chi connectivity index (χ3v) is 4.63. The van der Waals surface area contributed by atoms with Gasteiger partial charge in [0.25, 0.3) is 0 Å². The monoisotopic (exact) mass is 441 g/mol. The topological polar surface area (TPSA) is 81.9 Å². The Balaban J connectivity index is 1.71. The smallest absolute Gasteiger partial charge is 0.416 e. The molecule has 32 heavy (non-hydrogen) atoms. The number of carbonyl (C=O) groups excluding carboxylic acids is 1. The standard InChI is InChI=1S/C22H18F3N5O2/c1-13(32-14(2)31)21-28-17-5-3-4-6-18(17)30(21)20-12-26-11-19(29-20)27-16-9-7-15(8-10-16)22(23,24)25/h3-13H,1-2H3,(H,27,29)/t13-/m0/s1. The van der Waals surface area contributed by atoms with Gasteiger partial charge in [0, 0.05) is 12.6 Å². The van der Waals surface area contributed by atoms with Crippen LogP contribution in [0.25, 0.3) is 16.9 Å². The summed E-state index contributed by atoms with van der Waals surface area (Å²) in [6.07, 6.45) is -2.07. The summed E-state index contributed by atoms with van der Waals surface area (Å²) in [5, 5.41) is 2.95. The molecule has 0 unspecified atom stereocenters. The van der Waals surface area contributed by atoms with Crippen LogP contribution in [0.5, 0.6) is 0 Å². The predicted octanol–water partition coefficient (Wildman–Crippen LogP) is 5.20. The Morgan fingerprint density at radius 2 is 1.78 bits per heavy atom. The SMILES string of the molecule is CC(=O)O[C@@H](C)c1nc2ccccc2n1-c1cncc(Nc2ccc(C(F)(F)F)cc2)n1. The number of nitrogens with zero attached hydrogens (tertiary/aromatic N) is 4. The average molecular weight is 441 g/mol. The normalized spacial score (nSPS) is 12.5. The molecule has 0 bridgehead atoms. The molecule has 0 fully saturated rings. The number of esters is 1. The highest BCUT2D eigenvalue weighted by Crippen LogP contribution is 2.31. The molecule has 0 radical (unpaired) electrons. The molecule has 0 aliphatic heterocycles. The lowest BCUT2D eigenvalue weighted by molar-refractivity contribution is -0.146. The minimum atomic E-state index is -4.41. The van der Waals surface area contributed by atoms with Gasteiger partial charge in [-0.25, -0.2) is 9.97 Å². The highest BCUT2D eigenvalue weighted by molar-refractivity contribution is 5.78. The minimum absolute atomic E-state index is 0.325.